The van der Waals surface area contributed by atoms with E-state index in [0.717, 1.165) is 67.0 Å². The molecular weight excluding hydrogens is 504 g/mol. The number of nitrogens with one attached hydrogen (secondary N) is 3. The molecule has 0 aliphatic carbocycles. The molecule has 41 heavy (non-hydrogen) atoms. The van der Waals surface area contributed by atoms with Gasteiger partial charge in [-0.2, -0.15) is 0 Å². The van der Waals surface area contributed by atoms with Crippen molar-refractivity contribution in [2.75, 3.05) is 33.9 Å². The third kappa shape index (κ3) is 9.51. The minimum atomic E-state index is 0.697. The van der Waals surface area contributed by atoms with Gasteiger partial charge in [-0.25, -0.2) is 20.9 Å². The molecule has 4 rings (SSSR count). The van der Waals surface area contributed by atoms with E-state index in [1.54, 1.807) is 0 Å². The first-order valence-corrected chi connectivity index (χ1v) is 14.8. The Morgan fingerprint density at radius 3 is 2.56 bits per heavy atom. The highest BCUT2D eigenvalue weighted by Crippen LogP contribution is 2.36. The smallest absolute Gasteiger partial charge is 0.149 e. The molecular formula is C35H48N6. The number of hydrogen-bond acceptors (Lipinski definition) is 6. The van der Waals surface area contributed by atoms with Gasteiger partial charge in [0.2, 0.25) is 0 Å². The summed E-state index contributed by atoms with van der Waals surface area (Å²) < 4.78 is 0. The quantitative estimate of drug-likeness (QED) is 0.0817. The van der Waals surface area contributed by atoms with Crippen LogP contribution in [-0.2, 0) is 6.42 Å². The van der Waals surface area contributed by atoms with Crippen LogP contribution in [0.4, 0.5) is 0 Å². The zero-order chi connectivity index (χ0) is 29.5. The molecule has 2 aliphatic heterocycles. The Hall–Kier alpha value is -3.55. The molecule has 3 N–H and O–H groups in total. The van der Waals surface area contributed by atoms with Crippen LogP contribution in [-0.4, -0.2) is 50.1 Å². The van der Waals surface area contributed by atoms with Crippen LogP contribution in [0.25, 0.3) is 5.70 Å². The van der Waals surface area contributed by atoms with E-state index >= 15 is 0 Å². The van der Waals surface area contributed by atoms with Gasteiger partial charge in [-0.1, -0.05) is 98.3 Å². The van der Waals surface area contributed by atoms with Gasteiger partial charge in [0.15, 0.2) is 0 Å². The standard InChI is InChI=1S/C33H42N6.C2H6/c1-5-6-16-28(17-12-8-11-15-27-13-9-7-10-14-27)31-24-35-33-30(22-34-25-37-38(3)4)23-36-39(33)32(31)29-20-18-26(2)19-21-29;1-2/h5,7,9-10,12-14,16-21,24,34,36-37H,1,6,8,11,15,22-23,25H2,2-4H3;1-2H3/b17-12-,28-16+;. The van der Waals surface area contributed by atoms with E-state index in [4.69, 9.17) is 4.99 Å². The zero-order valence-corrected chi connectivity index (χ0v) is 25.6. The number of allylic oxidation sites excluding steroid dienone is 6. The fraction of sp³-hybridized carbons (Fsp3) is 0.343. The van der Waals surface area contributed by atoms with Gasteiger partial charge in [0.25, 0.3) is 0 Å². The summed E-state index contributed by atoms with van der Waals surface area (Å²) in [5.41, 5.74) is 15.3. The molecule has 2 aromatic rings. The van der Waals surface area contributed by atoms with Gasteiger partial charge in [-0.15, -0.1) is 6.58 Å². The van der Waals surface area contributed by atoms with E-state index in [1.807, 2.05) is 45.2 Å². The Bertz CT molecular complexity index is 1250. The lowest BCUT2D eigenvalue weighted by atomic mass is 9.96. The molecule has 0 amide bonds. The number of fused-ring (bicyclic) bond motifs is 1. The van der Waals surface area contributed by atoms with Gasteiger partial charge >= 0.3 is 0 Å². The molecule has 218 valence electrons. The Labute approximate surface area is 247 Å². The Morgan fingerprint density at radius 2 is 1.85 bits per heavy atom. The number of hydrazine groups is 2. The summed E-state index contributed by atoms with van der Waals surface area (Å²) in [6.45, 7) is 12.3. The minimum Gasteiger partial charge on any atom is -0.299 e. The van der Waals surface area contributed by atoms with E-state index in [0.29, 0.717) is 6.67 Å². The van der Waals surface area contributed by atoms with Crippen molar-refractivity contribution in [3.8, 4) is 0 Å². The highest BCUT2D eigenvalue weighted by Gasteiger charge is 2.30. The maximum atomic E-state index is 4.96. The summed E-state index contributed by atoms with van der Waals surface area (Å²) in [5.74, 6) is 0.974. The summed E-state index contributed by atoms with van der Waals surface area (Å²) in [5, 5.41) is 7.58. The SMILES string of the molecule is C=CC/C=C(\C=C/CCCc1ccccc1)C1=C(c2ccc(C)cc2)N2NCC(CNCNN(C)C)=C2N=C1.CC. The Morgan fingerprint density at radius 1 is 1.10 bits per heavy atom. The van der Waals surface area contributed by atoms with E-state index < -0.39 is 0 Å². The van der Waals surface area contributed by atoms with E-state index in [9.17, 15) is 0 Å². The number of rotatable bonds is 14. The zero-order valence-electron chi connectivity index (χ0n) is 25.6. The van der Waals surface area contributed by atoms with Crippen LogP contribution in [0.15, 0.2) is 113 Å². The van der Waals surface area contributed by atoms with Crippen LogP contribution in [0.5, 0.6) is 0 Å². The molecule has 0 aromatic heterocycles. The first kappa shape index (κ1) is 32.0. The maximum absolute atomic E-state index is 4.96. The summed E-state index contributed by atoms with van der Waals surface area (Å²) in [6.07, 6.45) is 14.8. The normalized spacial score (nSPS) is 15.1. The molecule has 2 aliphatic rings. The van der Waals surface area contributed by atoms with Crippen molar-refractivity contribution in [1.29, 1.82) is 0 Å². The number of aryl methyl sites for hydroxylation is 2. The van der Waals surface area contributed by atoms with Crippen LogP contribution in [0.2, 0.25) is 0 Å². The third-order valence-corrected chi connectivity index (χ3v) is 6.75. The van der Waals surface area contributed by atoms with E-state index in [-0.39, 0.29) is 0 Å². The lowest BCUT2D eigenvalue weighted by molar-refractivity contribution is 0.279. The fourth-order valence-electron chi connectivity index (χ4n) is 4.66. The second kappa shape index (κ2) is 17.3. The molecule has 0 saturated heterocycles. The molecule has 6 nitrogen and oxygen atoms in total. The molecule has 0 spiro atoms. The van der Waals surface area contributed by atoms with Gasteiger partial charge in [0.05, 0.1) is 12.4 Å². The molecule has 0 atom stereocenters. The topological polar surface area (TPSA) is 54.9 Å². The number of unbranched alkanes of at least 4 members (excludes halogenated alkanes) is 1. The van der Waals surface area contributed by atoms with Crippen LogP contribution in [0.3, 0.4) is 0 Å². The number of benzene rings is 2. The van der Waals surface area contributed by atoms with Gasteiger partial charge in [0.1, 0.15) is 5.82 Å². The maximum Gasteiger partial charge on any atom is 0.149 e. The molecule has 0 bridgehead atoms. The molecule has 0 unspecified atom stereocenters. The lowest BCUT2D eigenvalue weighted by Gasteiger charge is -2.29. The van der Waals surface area contributed by atoms with Crippen LogP contribution >= 0.6 is 0 Å². The molecule has 0 fully saturated rings. The lowest BCUT2D eigenvalue weighted by Crippen LogP contribution is -2.39. The van der Waals surface area contributed by atoms with Crippen molar-refractivity contribution in [3.05, 3.63) is 125 Å². The fourth-order valence-corrected chi connectivity index (χ4v) is 4.66. The van der Waals surface area contributed by atoms with Gasteiger partial charge < -0.3 is 0 Å². The Balaban J connectivity index is 0.00000226. The van der Waals surface area contributed by atoms with Crippen molar-refractivity contribution in [1.82, 2.24) is 26.2 Å². The number of hydrogen-bond donors (Lipinski definition) is 3. The molecule has 0 saturated carbocycles. The predicted octanol–water partition coefficient (Wildman–Crippen LogP) is 6.54. The second-order valence-electron chi connectivity index (χ2n) is 10.1. The first-order valence-electron chi connectivity index (χ1n) is 14.8. The van der Waals surface area contributed by atoms with E-state index in [2.05, 4.69) is 108 Å². The summed E-state index contributed by atoms with van der Waals surface area (Å²) in [4.78, 5) is 4.96. The molecule has 6 heteroatoms. The van der Waals surface area contributed by atoms with Crippen LogP contribution in [0.1, 0.15) is 49.8 Å². The van der Waals surface area contributed by atoms with Crippen molar-refractivity contribution >= 4 is 11.9 Å². The number of aliphatic imine (C=N–C) groups is 1. The van der Waals surface area contributed by atoms with Gasteiger partial charge in [-0.3, -0.25) is 10.3 Å². The van der Waals surface area contributed by atoms with E-state index in [1.165, 1.54) is 16.7 Å². The van der Waals surface area contributed by atoms with Crippen molar-refractivity contribution in [2.45, 2.75) is 46.5 Å². The highest BCUT2D eigenvalue weighted by molar-refractivity contribution is 5.99. The predicted molar refractivity (Wildman–Crippen MR) is 176 cm³/mol. The average molecular weight is 553 g/mol. The first-order chi connectivity index (χ1) is 20.1. The summed E-state index contributed by atoms with van der Waals surface area (Å²) in [6, 6.07) is 19.5. The average Bonchev–Trinajstić information content (AvgIpc) is 3.41. The van der Waals surface area contributed by atoms with Crippen molar-refractivity contribution in [2.24, 2.45) is 4.99 Å². The van der Waals surface area contributed by atoms with Crippen molar-refractivity contribution < 1.29 is 0 Å². The highest BCUT2D eigenvalue weighted by atomic mass is 15.6. The van der Waals surface area contributed by atoms with Crippen LogP contribution < -0.4 is 16.2 Å². The van der Waals surface area contributed by atoms with Crippen molar-refractivity contribution in [3.63, 3.8) is 0 Å². The minimum absolute atomic E-state index is 0.697. The second-order valence-corrected chi connectivity index (χ2v) is 10.1. The third-order valence-electron chi connectivity index (χ3n) is 6.75. The largest absolute Gasteiger partial charge is 0.299 e. The van der Waals surface area contributed by atoms with Gasteiger partial charge in [0, 0.05) is 50.1 Å². The number of nitrogens with zero attached hydrogens (tertiary/aromatic N) is 3. The molecule has 2 aromatic carbocycles. The molecule has 0 radical (unpaired) electrons. The van der Waals surface area contributed by atoms with Gasteiger partial charge in [-0.05, 0) is 43.7 Å². The monoisotopic (exact) mass is 552 g/mol. The summed E-state index contributed by atoms with van der Waals surface area (Å²) in [7, 11) is 3.98. The Kier molecular flexibility index (Phi) is 13.5. The summed E-state index contributed by atoms with van der Waals surface area (Å²) >= 11 is 0. The molecule has 2 heterocycles. The van der Waals surface area contributed by atoms with Crippen LogP contribution in [0, 0.1) is 6.92 Å².